The summed E-state index contributed by atoms with van der Waals surface area (Å²) < 4.78 is 0. The lowest BCUT2D eigenvalue weighted by atomic mass is 10.00. The molecule has 1 amide bonds. The van der Waals surface area contributed by atoms with Gasteiger partial charge in [0.25, 0.3) is 0 Å². The highest BCUT2D eigenvalue weighted by Gasteiger charge is 2.20. The monoisotopic (exact) mass is 338 g/mol. The topological polar surface area (TPSA) is 55.1 Å². The van der Waals surface area contributed by atoms with Crippen LogP contribution in [0.15, 0.2) is 18.2 Å². The van der Waals surface area contributed by atoms with E-state index in [4.69, 9.17) is 28.9 Å². The number of benzene rings is 1. The molecule has 114 valence electrons. The summed E-state index contributed by atoms with van der Waals surface area (Å²) >= 11 is 12.2. The average Bonchev–Trinajstić information content (AvgIpc) is 2.36. The summed E-state index contributed by atoms with van der Waals surface area (Å²) in [6.07, 6.45) is 1.89. The molecule has 1 rings (SSSR count). The quantitative estimate of drug-likeness (QED) is 0.829. The molecule has 0 aromatic heterocycles. The third-order valence-corrected chi connectivity index (χ3v) is 3.68. The molecule has 0 fully saturated rings. The van der Waals surface area contributed by atoms with E-state index in [1.54, 1.807) is 25.1 Å². The lowest BCUT2D eigenvalue weighted by Gasteiger charge is -2.17. The van der Waals surface area contributed by atoms with Crippen LogP contribution in [0.3, 0.4) is 0 Å². The van der Waals surface area contributed by atoms with Crippen molar-refractivity contribution in [2.75, 3.05) is 6.54 Å². The van der Waals surface area contributed by atoms with Gasteiger partial charge in [-0.25, -0.2) is 0 Å². The first-order valence-electron chi connectivity index (χ1n) is 6.44. The van der Waals surface area contributed by atoms with Gasteiger partial charge in [-0.2, -0.15) is 0 Å². The largest absolute Gasteiger partial charge is 0.354 e. The molecule has 0 aliphatic heterocycles. The van der Waals surface area contributed by atoms with Crippen LogP contribution in [0.4, 0.5) is 0 Å². The van der Waals surface area contributed by atoms with E-state index in [1.807, 2.05) is 0 Å². The van der Waals surface area contributed by atoms with Crippen molar-refractivity contribution in [3.05, 3.63) is 33.8 Å². The van der Waals surface area contributed by atoms with Crippen LogP contribution in [0, 0.1) is 0 Å². The van der Waals surface area contributed by atoms with E-state index in [0.29, 0.717) is 22.2 Å². The standard InChI is InChI=1S/C14H20Cl2N2O.ClH/c1-3-5-10(17)8-18-14(19)9(2)13-11(15)6-4-7-12(13)16;/h4,6-7,9-10H,3,5,8,17H2,1-2H3,(H,18,19);1H. The van der Waals surface area contributed by atoms with Crippen molar-refractivity contribution in [3.8, 4) is 0 Å². The minimum Gasteiger partial charge on any atom is -0.354 e. The van der Waals surface area contributed by atoms with Crippen LogP contribution in [-0.2, 0) is 4.79 Å². The van der Waals surface area contributed by atoms with Crippen LogP contribution < -0.4 is 11.1 Å². The molecule has 3 nitrogen and oxygen atoms in total. The number of carbonyl (C=O) groups excluding carboxylic acids is 1. The van der Waals surface area contributed by atoms with Crippen molar-refractivity contribution in [2.45, 2.75) is 38.6 Å². The Morgan fingerprint density at radius 3 is 2.40 bits per heavy atom. The lowest BCUT2D eigenvalue weighted by Crippen LogP contribution is -2.38. The molecular weight excluding hydrogens is 319 g/mol. The Hall–Kier alpha value is -0.480. The van der Waals surface area contributed by atoms with Crippen LogP contribution in [0.1, 0.15) is 38.2 Å². The molecule has 0 bridgehead atoms. The molecule has 0 saturated heterocycles. The van der Waals surface area contributed by atoms with Crippen LogP contribution >= 0.6 is 35.6 Å². The molecule has 6 heteroatoms. The first kappa shape index (κ1) is 19.5. The predicted molar refractivity (Wildman–Crippen MR) is 88.0 cm³/mol. The number of hydrogen-bond donors (Lipinski definition) is 2. The van der Waals surface area contributed by atoms with Gasteiger partial charge in [-0.1, -0.05) is 42.6 Å². The van der Waals surface area contributed by atoms with Gasteiger partial charge in [0.2, 0.25) is 5.91 Å². The van der Waals surface area contributed by atoms with Crippen LogP contribution in [-0.4, -0.2) is 18.5 Å². The van der Waals surface area contributed by atoms with Crippen LogP contribution in [0.25, 0.3) is 0 Å². The van der Waals surface area contributed by atoms with Crippen molar-refractivity contribution < 1.29 is 4.79 Å². The predicted octanol–water partition coefficient (Wildman–Crippen LogP) is 3.76. The van der Waals surface area contributed by atoms with Crippen molar-refractivity contribution in [2.24, 2.45) is 5.73 Å². The maximum Gasteiger partial charge on any atom is 0.227 e. The van der Waals surface area contributed by atoms with Crippen molar-refractivity contribution in [3.63, 3.8) is 0 Å². The highest BCUT2D eigenvalue weighted by atomic mass is 35.5. The minimum atomic E-state index is -0.393. The van der Waals surface area contributed by atoms with Gasteiger partial charge >= 0.3 is 0 Å². The van der Waals surface area contributed by atoms with Crippen molar-refractivity contribution in [1.82, 2.24) is 5.32 Å². The Morgan fingerprint density at radius 2 is 1.90 bits per heavy atom. The van der Waals surface area contributed by atoms with Gasteiger partial charge in [0, 0.05) is 28.2 Å². The van der Waals surface area contributed by atoms with Gasteiger partial charge < -0.3 is 11.1 Å². The van der Waals surface area contributed by atoms with Crippen LogP contribution in [0.2, 0.25) is 10.0 Å². The summed E-state index contributed by atoms with van der Waals surface area (Å²) in [7, 11) is 0. The van der Waals surface area contributed by atoms with E-state index in [9.17, 15) is 4.79 Å². The number of rotatable bonds is 6. The van der Waals surface area contributed by atoms with Gasteiger partial charge in [-0.15, -0.1) is 12.4 Å². The van der Waals surface area contributed by atoms with Gasteiger partial charge in [-0.3, -0.25) is 4.79 Å². The second-order valence-electron chi connectivity index (χ2n) is 4.65. The number of halogens is 3. The fraction of sp³-hybridized carbons (Fsp3) is 0.500. The number of carbonyl (C=O) groups is 1. The lowest BCUT2D eigenvalue weighted by molar-refractivity contribution is -0.122. The third kappa shape index (κ3) is 5.49. The molecule has 1 aromatic rings. The Labute approximate surface area is 136 Å². The zero-order valence-electron chi connectivity index (χ0n) is 11.7. The maximum absolute atomic E-state index is 12.1. The van der Waals surface area contributed by atoms with Gasteiger partial charge in [-0.05, 0) is 25.5 Å². The minimum absolute atomic E-state index is 0. The fourth-order valence-electron chi connectivity index (χ4n) is 1.91. The summed E-state index contributed by atoms with van der Waals surface area (Å²) in [6.45, 7) is 4.32. The molecule has 20 heavy (non-hydrogen) atoms. The average molecular weight is 340 g/mol. The second-order valence-corrected chi connectivity index (χ2v) is 5.47. The molecule has 2 atom stereocenters. The van der Waals surface area contributed by atoms with Gasteiger partial charge in [0.15, 0.2) is 0 Å². The zero-order chi connectivity index (χ0) is 14.4. The van der Waals surface area contributed by atoms with Gasteiger partial charge in [0.1, 0.15) is 0 Å². The molecule has 1 aromatic carbocycles. The molecule has 0 heterocycles. The fourth-order valence-corrected chi connectivity index (χ4v) is 2.64. The van der Waals surface area contributed by atoms with E-state index in [1.165, 1.54) is 0 Å². The molecular formula is C14H21Cl3N2O. The SMILES string of the molecule is CCCC(N)CNC(=O)C(C)c1c(Cl)cccc1Cl.Cl. The number of hydrogen-bond acceptors (Lipinski definition) is 2. The molecule has 0 spiro atoms. The number of nitrogens with one attached hydrogen (secondary N) is 1. The highest BCUT2D eigenvalue weighted by Crippen LogP contribution is 2.31. The normalized spacial score (nSPS) is 13.2. The highest BCUT2D eigenvalue weighted by molar-refractivity contribution is 6.36. The Kier molecular flexibility index (Phi) is 9.23. The maximum atomic E-state index is 12.1. The van der Waals surface area contributed by atoms with E-state index in [2.05, 4.69) is 12.2 Å². The Morgan fingerprint density at radius 1 is 1.35 bits per heavy atom. The Balaban J connectivity index is 0.00000361. The van der Waals surface area contributed by atoms with E-state index in [-0.39, 0.29) is 24.4 Å². The van der Waals surface area contributed by atoms with Crippen molar-refractivity contribution >= 4 is 41.5 Å². The molecule has 2 unspecified atom stereocenters. The zero-order valence-corrected chi connectivity index (χ0v) is 14.0. The van der Waals surface area contributed by atoms with E-state index < -0.39 is 5.92 Å². The summed E-state index contributed by atoms with van der Waals surface area (Å²) in [5.74, 6) is -0.503. The summed E-state index contributed by atoms with van der Waals surface area (Å²) in [5.41, 5.74) is 6.52. The van der Waals surface area contributed by atoms with Gasteiger partial charge in [0.05, 0.1) is 5.92 Å². The number of nitrogens with two attached hydrogens (primary N) is 1. The van der Waals surface area contributed by atoms with E-state index in [0.717, 1.165) is 12.8 Å². The molecule has 3 N–H and O–H groups in total. The third-order valence-electron chi connectivity index (χ3n) is 3.02. The molecule has 0 aliphatic carbocycles. The first-order valence-corrected chi connectivity index (χ1v) is 7.20. The van der Waals surface area contributed by atoms with Crippen molar-refractivity contribution in [1.29, 1.82) is 0 Å². The summed E-state index contributed by atoms with van der Waals surface area (Å²) in [5, 5.41) is 3.85. The van der Waals surface area contributed by atoms with E-state index >= 15 is 0 Å². The molecule has 0 radical (unpaired) electrons. The summed E-state index contributed by atoms with van der Waals surface area (Å²) in [6, 6.07) is 5.21. The number of amides is 1. The second kappa shape index (κ2) is 9.46. The van der Waals surface area contributed by atoms with Crippen LogP contribution in [0.5, 0.6) is 0 Å². The Bertz CT molecular complexity index is 420. The molecule has 0 saturated carbocycles. The molecule has 0 aliphatic rings. The summed E-state index contributed by atoms with van der Waals surface area (Å²) in [4.78, 5) is 12.1. The smallest absolute Gasteiger partial charge is 0.227 e. The first-order chi connectivity index (χ1) is 8.97.